The average Bonchev–Trinajstić information content (AvgIpc) is 2.33. The number of aromatic nitrogens is 2. The van der Waals surface area contributed by atoms with E-state index >= 15 is 0 Å². The molecule has 102 valence electrons. The summed E-state index contributed by atoms with van der Waals surface area (Å²) in [7, 11) is 0. The van der Waals surface area contributed by atoms with Gasteiger partial charge in [-0.15, -0.1) is 0 Å². The van der Waals surface area contributed by atoms with Crippen LogP contribution in [0.4, 0.5) is 5.82 Å². The van der Waals surface area contributed by atoms with Crippen molar-refractivity contribution in [1.29, 1.82) is 0 Å². The lowest BCUT2D eigenvalue weighted by molar-refractivity contribution is 0.802. The summed E-state index contributed by atoms with van der Waals surface area (Å²) >= 11 is 7.90. The molecule has 0 atom stereocenters. The van der Waals surface area contributed by atoms with Crippen LogP contribution in [0.1, 0.15) is 20.8 Å². The van der Waals surface area contributed by atoms with E-state index in [-0.39, 0.29) is 0 Å². The normalized spacial score (nSPS) is 11.8. The molecule has 0 spiro atoms. The van der Waals surface area contributed by atoms with Gasteiger partial charge in [0.1, 0.15) is 12.1 Å². The van der Waals surface area contributed by atoms with Crippen LogP contribution in [0.5, 0.6) is 0 Å². The summed E-state index contributed by atoms with van der Waals surface area (Å²) in [5.74, 6) is 1.92. The molecule has 0 aliphatic rings. The van der Waals surface area contributed by atoms with Crippen molar-refractivity contribution in [1.82, 2.24) is 9.97 Å². The summed E-state index contributed by atoms with van der Waals surface area (Å²) in [4.78, 5) is 8.53. The zero-order valence-corrected chi connectivity index (χ0v) is 13.0. The van der Waals surface area contributed by atoms with E-state index in [1.165, 1.54) is 0 Å². The smallest absolute Gasteiger partial charge is 0.137 e. The predicted molar refractivity (Wildman–Crippen MR) is 85.2 cm³/mol. The Morgan fingerprint density at radius 3 is 2.79 bits per heavy atom. The monoisotopic (exact) mass is 295 g/mol. The number of anilines is 1. The lowest BCUT2D eigenvalue weighted by atomic mass is 10.2. The van der Waals surface area contributed by atoms with Gasteiger partial charge in [0, 0.05) is 27.5 Å². The number of hydrogen-bond acceptors (Lipinski definition) is 4. The molecule has 19 heavy (non-hydrogen) atoms. The van der Waals surface area contributed by atoms with Crippen LogP contribution in [0.3, 0.4) is 0 Å². The molecule has 3 nitrogen and oxygen atoms in total. The lowest BCUT2D eigenvalue weighted by Crippen LogP contribution is -2.13. The Morgan fingerprint density at radius 1 is 1.26 bits per heavy atom. The van der Waals surface area contributed by atoms with Crippen LogP contribution in [-0.4, -0.2) is 27.0 Å². The minimum absolute atomic E-state index is 0.295. The van der Waals surface area contributed by atoms with E-state index in [4.69, 9.17) is 11.6 Å². The summed E-state index contributed by atoms with van der Waals surface area (Å²) in [6.07, 6.45) is 1.57. The van der Waals surface area contributed by atoms with E-state index < -0.39 is 0 Å². The van der Waals surface area contributed by atoms with Crippen LogP contribution in [0, 0.1) is 0 Å². The van der Waals surface area contributed by atoms with Gasteiger partial charge in [-0.05, 0) is 18.2 Å². The second-order valence-electron chi connectivity index (χ2n) is 5.27. The number of hydrogen-bond donors (Lipinski definition) is 1. The molecule has 0 aliphatic carbocycles. The number of benzene rings is 1. The van der Waals surface area contributed by atoms with Crippen molar-refractivity contribution in [2.75, 3.05) is 17.6 Å². The third-order valence-electron chi connectivity index (χ3n) is 2.53. The van der Waals surface area contributed by atoms with Gasteiger partial charge in [-0.25, -0.2) is 9.97 Å². The Hall–Kier alpha value is -1.00. The molecule has 0 radical (unpaired) electrons. The summed E-state index contributed by atoms with van der Waals surface area (Å²) in [6, 6.07) is 5.67. The van der Waals surface area contributed by atoms with Crippen molar-refractivity contribution in [3.8, 4) is 0 Å². The number of fused-ring (bicyclic) bond motifs is 1. The zero-order chi connectivity index (χ0) is 13.9. The van der Waals surface area contributed by atoms with E-state index in [9.17, 15) is 0 Å². The molecular formula is C14H18ClN3S. The Morgan fingerprint density at radius 2 is 2.05 bits per heavy atom. The quantitative estimate of drug-likeness (QED) is 0.857. The van der Waals surface area contributed by atoms with Gasteiger partial charge in [0.25, 0.3) is 0 Å². The SMILES string of the molecule is CC(C)(C)SCCNc1ncnc2cc(Cl)ccc12. The fourth-order valence-electron chi connectivity index (χ4n) is 1.70. The first-order valence-corrected chi connectivity index (χ1v) is 7.60. The maximum atomic E-state index is 5.96. The lowest BCUT2D eigenvalue weighted by Gasteiger charge is -2.17. The minimum atomic E-state index is 0.295. The summed E-state index contributed by atoms with van der Waals surface area (Å²) < 4.78 is 0.295. The molecule has 0 fully saturated rings. The number of halogens is 1. The Labute approximate surface area is 123 Å². The van der Waals surface area contributed by atoms with Crippen LogP contribution in [0.2, 0.25) is 5.02 Å². The number of thioether (sulfide) groups is 1. The fraction of sp³-hybridized carbons (Fsp3) is 0.429. The Bertz CT molecular complexity index is 566. The summed E-state index contributed by atoms with van der Waals surface area (Å²) in [6.45, 7) is 7.55. The Kier molecular flexibility index (Phi) is 4.53. The zero-order valence-electron chi connectivity index (χ0n) is 11.4. The van der Waals surface area contributed by atoms with Crippen LogP contribution < -0.4 is 5.32 Å². The van der Waals surface area contributed by atoms with Crippen molar-refractivity contribution in [2.24, 2.45) is 0 Å². The third-order valence-corrected chi connectivity index (χ3v) is 4.04. The Balaban J connectivity index is 2.05. The van der Waals surface area contributed by atoms with E-state index in [0.29, 0.717) is 9.77 Å². The largest absolute Gasteiger partial charge is 0.369 e. The van der Waals surface area contributed by atoms with Crippen LogP contribution >= 0.6 is 23.4 Å². The van der Waals surface area contributed by atoms with Gasteiger partial charge in [-0.3, -0.25) is 0 Å². The first kappa shape index (κ1) is 14.4. The molecule has 0 amide bonds. The van der Waals surface area contributed by atoms with Crippen LogP contribution in [-0.2, 0) is 0 Å². The maximum Gasteiger partial charge on any atom is 0.137 e. The first-order valence-electron chi connectivity index (χ1n) is 6.24. The van der Waals surface area contributed by atoms with Crippen molar-refractivity contribution in [3.63, 3.8) is 0 Å². The molecular weight excluding hydrogens is 278 g/mol. The van der Waals surface area contributed by atoms with Gasteiger partial charge in [0.15, 0.2) is 0 Å². The highest BCUT2D eigenvalue weighted by molar-refractivity contribution is 8.00. The first-order chi connectivity index (χ1) is 8.96. The highest BCUT2D eigenvalue weighted by atomic mass is 35.5. The average molecular weight is 296 g/mol. The van der Waals surface area contributed by atoms with Gasteiger partial charge < -0.3 is 5.32 Å². The second-order valence-corrected chi connectivity index (χ2v) is 7.63. The van der Waals surface area contributed by atoms with Crippen LogP contribution in [0.15, 0.2) is 24.5 Å². The molecule has 0 unspecified atom stereocenters. The molecule has 2 aromatic rings. The molecule has 0 saturated heterocycles. The van der Waals surface area contributed by atoms with Crippen molar-refractivity contribution in [3.05, 3.63) is 29.5 Å². The van der Waals surface area contributed by atoms with Gasteiger partial charge in [0.2, 0.25) is 0 Å². The molecule has 0 saturated carbocycles. The molecule has 2 rings (SSSR count). The summed E-state index contributed by atoms with van der Waals surface area (Å²) in [5, 5.41) is 5.07. The van der Waals surface area contributed by atoms with Crippen LogP contribution in [0.25, 0.3) is 10.9 Å². The fourth-order valence-corrected chi connectivity index (χ4v) is 2.68. The second kappa shape index (κ2) is 5.97. The van der Waals surface area contributed by atoms with E-state index in [0.717, 1.165) is 29.0 Å². The molecule has 0 aliphatic heterocycles. The maximum absolute atomic E-state index is 5.96. The number of rotatable bonds is 4. The molecule has 1 aromatic carbocycles. The van der Waals surface area contributed by atoms with Gasteiger partial charge in [0.05, 0.1) is 5.52 Å². The molecule has 1 aromatic heterocycles. The molecule has 1 heterocycles. The van der Waals surface area contributed by atoms with Crippen molar-refractivity contribution in [2.45, 2.75) is 25.5 Å². The highest BCUT2D eigenvalue weighted by Gasteiger charge is 2.10. The minimum Gasteiger partial charge on any atom is -0.369 e. The molecule has 5 heteroatoms. The highest BCUT2D eigenvalue weighted by Crippen LogP contribution is 2.24. The third kappa shape index (κ3) is 4.25. The standard InChI is InChI=1S/C14H18ClN3S/c1-14(2,3)19-7-6-16-13-11-5-4-10(15)8-12(11)17-9-18-13/h4-5,8-9H,6-7H2,1-3H3,(H,16,17,18). The van der Waals surface area contributed by atoms with Gasteiger partial charge in [-0.1, -0.05) is 32.4 Å². The van der Waals surface area contributed by atoms with Crippen molar-refractivity contribution >= 4 is 40.1 Å². The van der Waals surface area contributed by atoms with Gasteiger partial charge >= 0.3 is 0 Å². The topological polar surface area (TPSA) is 37.8 Å². The summed E-state index contributed by atoms with van der Waals surface area (Å²) in [5.41, 5.74) is 0.869. The van der Waals surface area contributed by atoms with Crippen molar-refractivity contribution < 1.29 is 0 Å². The van der Waals surface area contributed by atoms with Gasteiger partial charge in [-0.2, -0.15) is 11.8 Å². The number of nitrogens with one attached hydrogen (secondary N) is 1. The molecule has 1 N–H and O–H groups in total. The van der Waals surface area contributed by atoms with E-state index in [2.05, 4.69) is 36.1 Å². The predicted octanol–water partition coefficient (Wildman–Crippen LogP) is 4.23. The molecule has 0 bridgehead atoms. The number of nitrogens with zero attached hydrogens (tertiary/aromatic N) is 2. The van der Waals surface area contributed by atoms with E-state index in [1.54, 1.807) is 6.33 Å². The van der Waals surface area contributed by atoms with E-state index in [1.807, 2.05) is 30.0 Å².